The second-order valence-electron chi connectivity index (χ2n) is 4.35. The molecule has 0 atom stereocenters. The Morgan fingerprint density at radius 2 is 1.92 bits per heavy atom. The van der Waals surface area contributed by atoms with Crippen LogP contribution in [0.15, 0.2) is 23.2 Å². The standard InChI is InChI=1S/C12H8F6N2O3S/c13-11(14,15)9(22)19-10-20(3-4-21)7-2-1-6(5-8(7)24-10)23-12(16,17)18/h1-2,5,21H,3-4H2. The molecule has 1 N–H and O–H groups in total. The molecule has 1 aromatic heterocycles. The van der Waals surface area contributed by atoms with E-state index in [4.69, 9.17) is 5.11 Å². The van der Waals surface area contributed by atoms with Crippen molar-refractivity contribution in [2.75, 3.05) is 6.61 Å². The number of fused-ring (bicyclic) bond motifs is 1. The van der Waals surface area contributed by atoms with E-state index in [0.717, 1.165) is 16.7 Å². The van der Waals surface area contributed by atoms with Crippen LogP contribution in [-0.2, 0) is 11.3 Å². The van der Waals surface area contributed by atoms with E-state index in [1.807, 2.05) is 0 Å². The van der Waals surface area contributed by atoms with E-state index >= 15 is 0 Å². The van der Waals surface area contributed by atoms with Gasteiger partial charge in [-0.1, -0.05) is 11.3 Å². The van der Waals surface area contributed by atoms with Gasteiger partial charge in [-0.05, 0) is 18.2 Å². The van der Waals surface area contributed by atoms with Crippen LogP contribution in [0.2, 0.25) is 0 Å². The van der Waals surface area contributed by atoms with E-state index in [-0.39, 0.29) is 16.8 Å². The molecule has 2 aromatic rings. The van der Waals surface area contributed by atoms with Crippen molar-refractivity contribution in [3.8, 4) is 5.75 Å². The Morgan fingerprint density at radius 1 is 1.25 bits per heavy atom. The predicted molar refractivity (Wildman–Crippen MR) is 70.2 cm³/mol. The van der Waals surface area contributed by atoms with Crippen LogP contribution in [-0.4, -0.2) is 34.7 Å². The lowest BCUT2D eigenvalue weighted by molar-refractivity contribution is -0.274. The highest BCUT2D eigenvalue weighted by Gasteiger charge is 2.38. The molecule has 0 unspecified atom stereocenters. The van der Waals surface area contributed by atoms with E-state index in [1.165, 1.54) is 6.07 Å². The number of hydrogen-bond acceptors (Lipinski definition) is 4. The zero-order chi connectivity index (χ0) is 18.1. The predicted octanol–water partition coefficient (Wildman–Crippen LogP) is 2.58. The molecule has 0 aliphatic carbocycles. The van der Waals surface area contributed by atoms with Crippen molar-refractivity contribution in [1.82, 2.24) is 4.57 Å². The molecule has 0 saturated carbocycles. The summed E-state index contributed by atoms with van der Waals surface area (Å²) in [5.41, 5.74) is 0.206. The molecule has 132 valence electrons. The van der Waals surface area contributed by atoms with Gasteiger partial charge in [-0.25, -0.2) is 0 Å². The summed E-state index contributed by atoms with van der Waals surface area (Å²) in [6.45, 7) is -0.663. The summed E-state index contributed by atoms with van der Waals surface area (Å²) in [6.07, 6.45) is -10.1. The van der Waals surface area contributed by atoms with Crippen LogP contribution in [0.5, 0.6) is 5.75 Å². The maximum atomic E-state index is 12.3. The highest BCUT2D eigenvalue weighted by atomic mass is 32.1. The molecule has 0 bridgehead atoms. The third-order valence-corrected chi connectivity index (χ3v) is 3.69. The summed E-state index contributed by atoms with van der Waals surface area (Å²) in [4.78, 5) is 13.5. The largest absolute Gasteiger partial charge is 0.573 e. The molecule has 1 heterocycles. The Hall–Kier alpha value is -2.08. The van der Waals surface area contributed by atoms with Gasteiger partial charge in [-0.3, -0.25) is 4.79 Å². The van der Waals surface area contributed by atoms with E-state index in [0.29, 0.717) is 11.3 Å². The molecular weight excluding hydrogens is 366 g/mol. The average Bonchev–Trinajstić information content (AvgIpc) is 2.73. The SMILES string of the molecule is O=C(N=c1sc2cc(OC(F)(F)F)ccc2n1CCO)C(F)(F)F. The number of carbonyl (C=O) groups is 1. The normalized spacial score (nSPS) is 13.5. The molecule has 0 aliphatic rings. The molecule has 1 amide bonds. The third kappa shape index (κ3) is 4.26. The summed E-state index contributed by atoms with van der Waals surface area (Å²) < 4.78 is 78.5. The first-order chi connectivity index (χ1) is 11.0. The molecule has 0 fully saturated rings. The van der Waals surface area contributed by atoms with Crippen LogP contribution in [0.3, 0.4) is 0 Å². The summed E-state index contributed by atoms with van der Waals surface area (Å²) in [6, 6.07) is 3.09. The zero-order valence-corrected chi connectivity index (χ0v) is 12.3. The van der Waals surface area contributed by atoms with Gasteiger partial charge in [0, 0.05) is 6.54 Å². The van der Waals surface area contributed by atoms with Crippen LogP contribution in [0, 0.1) is 0 Å². The topological polar surface area (TPSA) is 63.8 Å². The minimum Gasteiger partial charge on any atom is -0.406 e. The number of aliphatic hydroxyl groups excluding tert-OH is 1. The lowest BCUT2D eigenvalue weighted by atomic mass is 10.3. The van der Waals surface area contributed by atoms with Crippen molar-refractivity contribution < 1.29 is 41.0 Å². The number of ether oxygens (including phenoxy) is 1. The van der Waals surface area contributed by atoms with Gasteiger partial charge < -0.3 is 14.4 Å². The number of benzene rings is 1. The molecule has 0 radical (unpaired) electrons. The molecule has 5 nitrogen and oxygen atoms in total. The Morgan fingerprint density at radius 3 is 2.46 bits per heavy atom. The van der Waals surface area contributed by atoms with Crippen LogP contribution in [0.25, 0.3) is 10.2 Å². The van der Waals surface area contributed by atoms with E-state index in [1.54, 1.807) is 0 Å². The van der Waals surface area contributed by atoms with Gasteiger partial charge in [-0.15, -0.1) is 13.2 Å². The maximum Gasteiger partial charge on any atom is 0.573 e. The van der Waals surface area contributed by atoms with Crippen molar-refractivity contribution >= 4 is 27.5 Å². The lowest BCUT2D eigenvalue weighted by Gasteiger charge is -2.08. The first-order valence-electron chi connectivity index (χ1n) is 6.17. The first-order valence-corrected chi connectivity index (χ1v) is 6.99. The second-order valence-corrected chi connectivity index (χ2v) is 5.36. The fourth-order valence-corrected chi connectivity index (χ4v) is 2.89. The van der Waals surface area contributed by atoms with Crippen LogP contribution in [0.1, 0.15) is 0 Å². The number of nitrogens with zero attached hydrogens (tertiary/aromatic N) is 2. The smallest absolute Gasteiger partial charge is 0.406 e. The average molecular weight is 374 g/mol. The van der Waals surface area contributed by atoms with Gasteiger partial charge in [0.25, 0.3) is 0 Å². The lowest BCUT2D eigenvalue weighted by Crippen LogP contribution is -2.26. The number of aliphatic hydroxyl groups is 1. The van der Waals surface area contributed by atoms with Crippen LogP contribution in [0.4, 0.5) is 26.3 Å². The maximum absolute atomic E-state index is 12.3. The van der Waals surface area contributed by atoms with E-state index in [9.17, 15) is 31.1 Å². The number of halogens is 6. The van der Waals surface area contributed by atoms with Crippen molar-refractivity contribution in [1.29, 1.82) is 0 Å². The van der Waals surface area contributed by atoms with Gasteiger partial charge in [-0.2, -0.15) is 18.2 Å². The summed E-state index contributed by atoms with van der Waals surface area (Å²) in [5.74, 6) is -2.92. The van der Waals surface area contributed by atoms with Crippen molar-refractivity contribution in [3.63, 3.8) is 0 Å². The van der Waals surface area contributed by atoms with Gasteiger partial charge in [0.1, 0.15) is 5.75 Å². The second kappa shape index (κ2) is 6.43. The molecule has 1 aromatic carbocycles. The van der Waals surface area contributed by atoms with Gasteiger partial charge in [0.05, 0.1) is 16.8 Å². The fourth-order valence-electron chi connectivity index (χ4n) is 1.80. The molecule has 0 aliphatic heterocycles. The monoisotopic (exact) mass is 374 g/mol. The van der Waals surface area contributed by atoms with E-state index in [2.05, 4.69) is 9.73 Å². The zero-order valence-electron chi connectivity index (χ0n) is 11.5. The molecule has 2 rings (SSSR count). The number of hydrogen-bond donors (Lipinski definition) is 1. The quantitative estimate of drug-likeness (QED) is 0.840. The fraction of sp³-hybridized carbons (Fsp3) is 0.333. The van der Waals surface area contributed by atoms with Gasteiger partial charge in [0.2, 0.25) is 0 Å². The number of amides is 1. The van der Waals surface area contributed by atoms with Crippen molar-refractivity contribution in [2.24, 2.45) is 4.99 Å². The summed E-state index contributed by atoms with van der Waals surface area (Å²) in [7, 11) is 0. The molecule has 0 saturated heterocycles. The molecule has 12 heteroatoms. The van der Waals surface area contributed by atoms with Crippen LogP contribution >= 0.6 is 11.3 Å². The summed E-state index contributed by atoms with van der Waals surface area (Å²) in [5, 5.41) is 8.98. The van der Waals surface area contributed by atoms with Crippen molar-refractivity contribution in [3.05, 3.63) is 23.0 Å². The highest BCUT2D eigenvalue weighted by Crippen LogP contribution is 2.28. The Bertz CT molecular complexity index is 821. The Labute approximate surface area is 133 Å². The Kier molecular flexibility index (Phi) is 4.90. The number of carbonyl (C=O) groups excluding carboxylic acids is 1. The molecule has 24 heavy (non-hydrogen) atoms. The minimum absolute atomic E-state index is 0.110. The number of alkyl halides is 6. The number of thiazole rings is 1. The minimum atomic E-state index is -5.18. The van der Waals surface area contributed by atoms with Gasteiger partial charge in [0.15, 0.2) is 4.80 Å². The van der Waals surface area contributed by atoms with Gasteiger partial charge >= 0.3 is 18.4 Å². The molecular formula is C12H8F6N2O3S. The number of rotatable bonds is 3. The highest BCUT2D eigenvalue weighted by molar-refractivity contribution is 7.16. The van der Waals surface area contributed by atoms with E-state index < -0.39 is 35.6 Å². The Balaban J connectivity index is 2.57. The molecule has 0 spiro atoms. The third-order valence-electron chi connectivity index (χ3n) is 2.65. The van der Waals surface area contributed by atoms with Crippen molar-refractivity contribution in [2.45, 2.75) is 19.1 Å². The van der Waals surface area contributed by atoms with Crippen LogP contribution < -0.4 is 9.54 Å². The summed E-state index contributed by atoms with van der Waals surface area (Å²) >= 11 is 0.565. The first kappa shape index (κ1) is 18.3. The number of aromatic nitrogens is 1.